The van der Waals surface area contributed by atoms with Gasteiger partial charge in [-0.05, 0) is 56.3 Å². The summed E-state index contributed by atoms with van der Waals surface area (Å²) in [6.45, 7) is 2.08. The van der Waals surface area contributed by atoms with Gasteiger partial charge in [-0.25, -0.2) is 0 Å². The molecule has 5 N–H and O–H groups in total. The topological polar surface area (TPSA) is 101 Å². The molecule has 0 heterocycles. The van der Waals surface area contributed by atoms with Crippen molar-refractivity contribution in [1.82, 2.24) is 0 Å². The van der Waals surface area contributed by atoms with Crippen molar-refractivity contribution in [2.24, 2.45) is 51.0 Å². The molecule has 23 heavy (non-hydrogen) atoms. The SMILES string of the molecule is C[C@@H](N)CC1(C(=N)N=NN)C2CCCCC2CC2CCCCC21. The van der Waals surface area contributed by atoms with Gasteiger partial charge in [0.25, 0.3) is 0 Å². The molecule has 3 rings (SSSR count). The van der Waals surface area contributed by atoms with Crippen molar-refractivity contribution in [3.8, 4) is 0 Å². The molecule has 3 saturated carbocycles. The zero-order valence-corrected chi connectivity index (χ0v) is 14.5. The van der Waals surface area contributed by atoms with Crippen molar-refractivity contribution < 1.29 is 0 Å². The van der Waals surface area contributed by atoms with Crippen LogP contribution < -0.4 is 11.6 Å². The third kappa shape index (κ3) is 2.92. The average molecular weight is 319 g/mol. The lowest BCUT2D eigenvalue weighted by Crippen LogP contribution is -2.56. The van der Waals surface area contributed by atoms with Crippen LogP contribution in [0.3, 0.4) is 0 Å². The van der Waals surface area contributed by atoms with E-state index in [4.69, 9.17) is 17.0 Å². The second kappa shape index (κ2) is 6.88. The maximum absolute atomic E-state index is 8.77. The van der Waals surface area contributed by atoms with E-state index < -0.39 is 0 Å². The first kappa shape index (κ1) is 16.9. The molecule has 5 heteroatoms. The van der Waals surface area contributed by atoms with Crippen LogP contribution in [0.15, 0.2) is 10.3 Å². The van der Waals surface area contributed by atoms with Gasteiger partial charge in [0.1, 0.15) is 0 Å². The first-order chi connectivity index (χ1) is 11.1. The number of hydrogen-bond donors (Lipinski definition) is 3. The van der Waals surface area contributed by atoms with Gasteiger partial charge >= 0.3 is 0 Å². The lowest BCUT2D eigenvalue weighted by Gasteiger charge is -2.58. The van der Waals surface area contributed by atoms with Crippen LogP contribution in [0, 0.1) is 34.5 Å². The normalized spacial score (nSPS) is 42.0. The van der Waals surface area contributed by atoms with Crippen LogP contribution in [-0.4, -0.2) is 11.9 Å². The van der Waals surface area contributed by atoms with Gasteiger partial charge in [0, 0.05) is 11.5 Å². The molecule has 5 nitrogen and oxygen atoms in total. The minimum absolute atomic E-state index is 0.0894. The Morgan fingerprint density at radius 2 is 1.61 bits per heavy atom. The predicted molar refractivity (Wildman–Crippen MR) is 93.0 cm³/mol. The quantitative estimate of drug-likeness (QED) is 0.240. The number of rotatable bonds is 3. The van der Waals surface area contributed by atoms with E-state index in [1.165, 1.54) is 57.8 Å². The average Bonchev–Trinajstić information content (AvgIpc) is 2.54. The molecule has 5 atom stereocenters. The summed E-state index contributed by atoms with van der Waals surface area (Å²) in [5, 5.41) is 16.4. The molecule has 0 bridgehead atoms. The number of amidine groups is 1. The summed E-state index contributed by atoms with van der Waals surface area (Å²) in [6, 6.07) is 0.0894. The first-order valence-electron chi connectivity index (χ1n) is 9.55. The highest BCUT2D eigenvalue weighted by Crippen LogP contribution is 2.61. The molecule has 0 radical (unpaired) electrons. The van der Waals surface area contributed by atoms with Crippen LogP contribution in [0.1, 0.15) is 71.1 Å². The summed E-state index contributed by atoms with van der Waals surface area (Å²) < 4.78 is 0. The summed E-state index contributed by atoms with van der Waals surface area (Å²) in [5.41, 5.74) is 6.10. The molecule has 0 aliphatic heterocycles. The fourth-order valence-corrected chi connectivity index (χ4v) is 6.43. The number of hydrogen-bond acceptors (Lipinski definition) is 3. The summed E-state index contributed by atoms with van der Waals surface area (Å²) in [5.74, 6) is 8.37. The highest BCUT2D eigenvalue weighted by atomic mass is 15.3. The molecule has 4 unspecified atom stereocenters. The smallest absolute Gasteiger partial charge is 0.152 e. The molecule has 0 aromatic heterocycles. The Hall–Kier alpha value is -0.970. The van der Waals surface area contributed by atoms with Gasteiger partial charge in [-0.3, -0.25) is 5.41 Å². The van der Waals surface area contributed by atoms with Crippen LogP contribution in [0.2, 0.25) is 0 Å². The Balaban J connectivity index is 2.05. The van der Waals surface area contributed by atoms with Crippen molar-refractivity contribution in [2.45, 2.75) is 77.2 Å². The minimum Gasteiger partial charge on any atom is -0.328 e. The highest BCUT2D eigenvalue weighted by Gasteiger charge is 2.58. The van der Waals surface area contributed by atoms with Crippen LogP contribution in [0.4, 0.5) is 0 Å². The van der Waals surface area contributed by atoms with Gasteiger partial charge in [-0.2, -0.15) is 0 Å². The van der Waals surface area contributed by atoms with Gasteiger partial charge in [-0.1, -0.05) is 43.7 Å². The van der Waals surface area contributed by atoms with Crippen LogP contribution in [0.25, 0.3) is 0 Å². The van der Waals surface area contributed by atoms with Crippen molar-refractivity contribution in [3.63, 3.8) is 0 Å². The molecule has 0 aromatic carbocycles. The molecule has 0 amide bonds. The Bertz CT molecular complexity index is 436. The molecular weight excluding hydrogens is 286 g/mol. The van der Waals surface area contributed by atoms with E-state index in [0.29, 0.717) is 17.7 Å². The van der Waals surface area contributed by atoms with Gasteiger partial charge < -0.3 is 11.6 Å². The summed E-state index contributed by atoms with van der Waals surface area (Å²) in [4.78, 5) is 0. The van der Waals surface area contributed by atoms with E-state index in [1.807, 2.05) is 0 Å². The standard InChI is InChI=1S/C18H33N5/c1-12(19)11-18(17(20)22-23-21)15-8-4-2-6-13(15)10-14-7-3-5-9-16(14)18/h12-16H,2-11,19H2,1H3,(H3,20,21,22)/t12-,13?,14?,15?,16?,18?/m1/s1. The van der Waals surface area contributed by atoms with Gasteiger partial charge in [0.2, 0.25) is 0 Å². The first-order valence-corrected chi connectivity index (χ1v) is 9.55. The molecule has 3 aliphatic rings. The lowest BCUT2D eigenvalue weighted by atomic mass is 9.46. The van der Waals surface area contributed by atoms with E-state index in [-0.39, 0.29) is 11.5 Å². The summed E-state index contributed by atoms with van der Waals surface area (Å²) in [6.07, 6.45) is 12.6. The van der Waals surface area contributed by atoms with Crippen LogP contribution >= 0.6 is 0 Å². The minimum atomic E-state index is -0.189. The maximum Gasteiger partial charge on any atom is 0.152 e. The van der Waals surface area contributed by atoms with Crippen molar-refractivity contribution in [2.75, 3.05) is 0 Å². The Morgan fingerprint density at radius 3 is 2.09 bits per heavy atom. The van der Waals surface area contributed by atoms with E-state index >= 15 is 0 Å². The van der Waals surface area contributed by atoms with Crippen LogP contribution in [-0.2, 0) is 0 Å². The van der Waals surface area contributed by atoms with E-state index in [1.54, 1.807) is 0 Å². The second-order valence-corrected chi connectivity index (χ2v) is 8.32. The van der Waals surface area contributed by atoms with Gasteiger partial charge in [-0.15, -0.1) is 5.11 Å². The lowest BCUT2D eigenvalue weighted by molar-refractivity contribution is -0.0556. The van der Waals surface area contributed by atoms with Crippen molar-refractivity contribution in [3.05, 3.63) is 0 Å². The van der Waals surface area contributed by atoms with E-state index in [0.717, 1.165) is 18.3 Å². The third-order valence-electron chi connectivity index (χ3n) is 7.01. The van der Waals surface area contributed by atoms with Crippen molar-refractivity contribution >= 4 is 5.84 Å². The zero-order valence-electron chi connectivity index (χ0n) is 14.5. The number of nitrogens with two attached hydrogens (primary N) is 2. The molecule has 0 saturated heterocycles. The second-order valence-electron chi connectivity index (χ2n) is 8.32. The Kier molecular flexibility index (Phi) is 5.04. The summed E-state index contributed by atoms with van der Waals surface area (Å²) in [7, 11) is 0. The van der Waals surface area contributed by atoms with Crippen molar-refractivity contribution in [1.29, 1.82) is 5.41 Å². The maximum atomic E-state index is 8.77. The molecule has 0 spiro atoms. The van der Waals surface area contributed by atoms with Crippen LogP contribution in [0.5, 0.6) is 0 Å². The Morgan fingerprint density at radius 1 is 1.09 bits per heavy atom. The number of fused-ring (bicyclic) bond motifs is 2. The predicted octanol–water partition coefficient (Wildman–Crippen LogP) is 4.03. The Labute approximate surface area is 140 Å². The molecule has 3 aliphatic carbocycles. The van der Waals surface area contributed by atoms with Gasteiger partial charge in [0.05, 0.1) is 0 Å². The zero-order chi connectivity index (χ0) is 16.4. The van der Waals surface area contributed by atoms with Gasteiger partial charge in [0.15, 0.2) is 5.84 Å². The molecule has 3 fully saturated rings. The molecular formula is C18H33N5. The third-order valence-corrected chi connectivity index (χ3v) is 7.01. The largest absolute Gasteiger partial charge is 0.328 e. The number of nitrogens with zero attached hydrogens (tertiary/aromatic N) is 2. The monoisotopic (exact) mass is 319 g/mol. The molecule has 130 valence electrons. The van der Waals surface area contributed by atoms with E-state index in [2.05, 4.69) is 17.3 Å². The highest BCUT2D eigenvalue weighted by molar-refractivity contribution is 5.86. The van der Waals surface area contributed by atoms with E-state index in [9.17, 15) is 0 Å². The fourth-order valence-electron chi connectivity index (χ4n) is 6.43. The molecule has 0 aromatic rings. The number of nitrogens with one attached hydrogen (secondary N) is 1. The fraction of sp³-hybridized carbons (Fsp3) is 0.944. The summed E-state index contributed by atoms with van der Waals surface area (Å²) >= 11 is 0.